The number of hydrogen-bond acceptors (Lipinski definition) is 6. The van der Waals surface area contributed by atoms with Crippen LogP contribution in [0.25, 0.3) is 10.2 Å². The maximum absolute atomic E-state index is 13.1. The largest absolute Gasteiger partial charge is 0.344 e. The molecule has 4 heterocycles. The fourth-order valence-electron chi connectivity index (χ4n) is 3.81. The summed E-state index contributed by atoms with van der Waals surface area (Å²) in [6.07, 6.45) is 4.61. The van der Waals surface area contributed by atoms with E-state index in [4.69, 9.17) is 0 Å². The van der Waals surface area contributed by atoms with Crippen molar-refractivity contribution >= 4 is 33.3 Å². The van der Waals surface area contributed by atoms with Crippen LogP contribution in [0, 0.1) is 0 Å². The first-order valence-corrected chi connectivity index (χ1v) is 9.96. The summed E-state index contributed by atoms with van der Waals surface area (Å²) in [5.74, 6) is 1.20. The van der Waals surface area contributed by atoms with Gasteiger partial charge < -0.3 is 14.7 Å². The minimum atomic E-state index is -0.0773. The SMILES string of the molecule is CCc1cc2c(N3CCCC3C(=O)N3CCN(C)CC3)ncnc2s1. The van der Waals surface area contributed by atoms with E-state index < -0.39 is 0 Å². The Kier molecular flexibility index (Phi) is 4.60. The number of hydrogen-bond donors (Lipinski definition) is 0. The second-order valence-corrected chi connectivity index (χ2v) is 8.08. The first-order valence-electron chi connectivity index (χ1n) is 9.14. The number of carbonyl (C=O) groups excluding carboxylic acids is 1. The van der Waals surface area contributed by atoms with Crippen molar-refractivity contribution in [2.24, 2.45) is 0 Å². The number of anilines is 1. The summed E-state index contributed by atoms with van der Waals surface area (Å²) in [7, 11) is 2.11. The Morgan fingerprint density at radius 1 is 1.24 bits per heavy atom. The molecule has 0 saturated carbocycles. The van der Waals surface area contributed by atoms with Gasteiger partial charge >= 0.3 is 0 Å². The van der Waals surface area contributed by atoms with Gasteiger partial charge in [0, 0.05) is 37.6 Å². The van der Waals surface area contributed by atoms with Crippen molar-refractivity contribution in [3.8, 4) is 0 Å². The monoisotopic (exact) mass is 359 g/mol. The molecule has 0 radical (unpaired) electrons. The third kappa shape index (κ3) is 3.11. The van der Waals surface area contributed by atoms with Gasteiger partial charge in [-0.2, -0.15) is 0 Å². The Hall–Kier alpha value is -1.73. The number of likely N-dealkylation sites (N-methyl/N-ethyl adjacent to an activating group) is 1. The molecular weight excluding hydrogens is 334 g/mol. The van der Waals surface area contributed by atoms with Crippen LogP contribution in [0.2, 0.25) is 0 Å². The van der Waals surface area contributed by atoms with E-state index in [2.05, 4.69) is 39.8 Å². The Balaban J connectivity index is 1.61. The van der Waals surface area contributed by atoms with Gasteiger partial charge in [-0.1, -0.05) is 6.92 Å². The lowest BCUT2D eigenvalue weighted by molar-refractivity contribution is -0.134. The van der Waals surface area contributed by atoms with Gasteiger partial charge in [0.1, 0.15) is 23.0 Å². The van der Waals surface area contributed by atoms with Crippen LogP contribution < -0.4 is 4.90 Å². The van der Waals surface area contributed by atoms with Gasteiger partial charge in [0.15, 0.2) is 0 Å². The zero-order valence-corrected chi connectivity index (χ0v) is 15.8. The fraction of sp³-hybridized carbons (Fsp3) is 0.611. The Bertz CT molecular complexity index is 768. The minimum absolute atomic E-state index is 0.0773. The molecule has 0 N–H and O–H groups in total. The molecule has 25 heavy (non-hydrogen) atoms. The van der Waals surface area contributed by atoms with Crippen molar-refractivity contribution in [1.82, 2.24) is 19.8 Å². The molecule has 2 fully saturated rings. The molecule has 0 aliphatic carbocycles. The number of fused-ring (bicyclic) bond motifs is 1. The Morgan fingerprint density at radius 3 is 2.80 bits per heavy atom. The number of carbonyl (C=O) groups is 1. The van der Waals surface area contributed by atoms with Crippen molar-refractivity contribution in [3.05, 3.63) is 17.3 Å². The van der Waals surface area contributed by atoms with E-state index in [1.807, 2.05) is 4.90 Å². The molecular formula is C18H25N5OS. The molecule has 2 aliphatic heterocycles. The number of piperazine rings is 1. The maximum Gasteiger partial charge on any atom is 0.245 e. The summed E-state index contributed by atoms with van der Waals surface area (Å²) in [6, 6.07) is 2.12. The van der Waals surface area contributed by atoms with Gasteiger partial charge in [-0.05, 0) is 32.4 Å². The predicted molar refractivity (Wildman–Crippen MR) is 101 cm³/mol. The molecule has 0 aromatic carbocycles. The maximum atomic E-state index is 13.1. The molecule has 1 unspecified atom stereocenters. The van der Waals surface area contributed by atoms with Crippen LogP contribution in [0.5, 0.6) is 0 Å². The van der Waals surface area contributed by atoms with Gasteiger partial charge in [0.25, 0.3) is 0 Å². The minimum Gasteiger partial charge on any atom is -0.344 e. The van der Waals surface area contributed by atoms with Crippen molar-refractivity contribution < 1.29 is 4.79 Å². The fourth-order valence-corrected chi connectivity index (χ4v) is 4.74. The molecule has 134 valence electrons. The molecule has 6 nitrogen and oxygen atoms in total. The summed E-state index contributed by atoms with van der Waals surface area (Å²) in [4.78, 5) is 31.0. The van der Waals surface area contributed by atoms with Crippen LogP contribution in [0.3, 0.4) is 0 Å². The lowest BCUT2D eigenvalue weighted by Gasteiger charge is -2.36. The van der Waals surface area contributed by atoms with E-state index >= 15 is 0 Å². The van der Waals surface area contributed by atoms with E-state index in [1.54, 1.807) is 17.7 Å². The number of rotatable bonds is 3. The molecule has 0 bridgehead atoms. The number of thiophene rings is 1. The number of amides is 1. The quantitative estimate of drug-likeness (QED) is 0.839. The summed E-state index contributed by atoms with van der Waals surface area (Å²) in [5.41, 5.74) is 0. The van der Waals surface area contributed by atoms with E-state index in [0.717, 1.165) is 68.0 Å². The van der Waals surface area contributed by atoms with Crippen LogP contribution >= 0.6 is 11.3 Å². The predicted octanol–water partition coefficient (Wildman–Crippen LogP) is 2.00. The second kappa shape index (κ2) is 6.88. The number of aromatic nitrogens is 2. The topological polar surface area (TPSA) is 52.6 Å². The smallest absolute Gasteiger partial charge is 0.245 e. The van der Waals surface area contributed by atoms with Crippen LogP contribution in [-0.4, -0.2) is 71.5 Å². The molecule has 4 rings (SSSR count). The van der Waals surface area contributed by atoms with Gasteiger partial charge in [-0.3, -0.25) is 4.79 Å². The van der Waals surface area contributed by atoms with Gasteiger partial charge in [0.05, 0.1) is 5.39 Å². The lowest BCUT2D eigenvalue weighted by Crippen LogP contribution is -2.53. The zero-order valence-electron chi connectivity index (χ0n) is 14.9. The third-order valence-corrected chi connectivity index (χ3v) is 6.52. The molecule has 0 spiro atoms. The van der Waals surface area contributed by atoms with Crippen LogP contribution in [0.15, 0.2) is 12.4 Å². The average molecular weight is 359 g/mol. The van der Waals surface area contributed by atoms with Crippen molar-refractivity contribution in [2.75, 3.05) is 44.7 Å². The third-order valence-electron chi connectivity index (χ3n) is 5.33. The van der Waals surface area contributed by atoms with E-state index in [9.17, 15) is 4.79 Å². The highest BCUT2D eigenvalue weighted by atomic mass is 32.1. The van der Waals surface area contributed by atoms with Crippen molar-refractivity contribution in [1.29, 1.82) is 0 Å². The Morgan fingerprint density at radius 2 is 2.04 bits per heavy atom. The van der Waals surface area contributed by atoms with E-state index in [1.165, 1.54) is 4.88 Å². The Labute approximate surface area is 152 Å². The lowest BCUT2D eigenvalue weighted by atomic mass is 10.1. The highest BCUT2D eigenvalue weighted by molar-refractivity contribution is 7.18. The first-order chi connectivity index (χ1) is 12.2. The van der Waals surface area contributed by atoms with Crippen LogP contribution in [0.4, 0.5) is 5.82 Å². The van der Waals surface area contributed by atoms with Gasteiger partial charge in [0.2, 0.25) is 5.91 Å². The van der Waals surface area contributed by atoms with Gasteiger partial charge in [-0.15, -0.1) is 11.3 Å². The molecule has 2 saturated heterocycles. The summed E-state index contributed by atoms with van der Waals surface area (Å²) in [6.45, 7) is 6.64. The molecule has 2 aliphatic rings. The normalized spacial score (nSPS) is 22.1. The van der Waals surface area contributed by atoms with Gasteiger partial charge in [-0.25, -0.2) is 9.97 Å². The summed E-state index contributed by atoms with van der Waals surface area (Å²) in [5, 5.41) is 1.10. The molecule has 1 atom stereocenters. The van der Waals surface area contributed by atoms with Crippen LogP contribution in [-0.2, 0) is 11.2 Å². The molecule has 1 amide bonds. The summed E-state index contributed by atoms with van der Waals surface area (Å²) >= 11 is 1.73. The molecule has 7 heteroatoms. The molecule has 2 aromatic heterocycles. The number of aryl methyl sites for hydroxylation is 1. The zero-order chi connectivity index (χ0) is 17.4. The highest BCUT2D eigenvalue weighted by Gasteiger charge is 2.36. The first kappa shape index (κ1) is 16.7. The van der Waals surface area contributed by atoms with Crippen molar-refractivity contribution in [2.45, 2.75) is 32.2 Å². The molecule has 2 aromatic rings. The second-order valence-electron chi connectivity index (χ2n) is 6.96. The van der Waals surface area contributed by atoms with E-state index in [0.29, 0.717) is 0 Å². The average Bonchev–Trinajstić information content (AvgIpc) is 3.28. The standard InChI is InChI=1S/C18H25N5OS/c1-3-13-11-14-16(19-12-20-17(14)25-13)23-6-4-5-15(23)18(24)22-9-7-21(2)8-10-22/h11-12,15H,3-10H2,1-2H3. The van der Waals surface area contributed by atoms with E-state index in [-0.39, 0.29) is 11.9 Å². The number of nitrogens with zero attached hydrogens (tertiary/aromatic N) is 5. The highest BCUT2D eigenvalue weighted by Crippen LogP contribution is 2.34. The van der Waals surface area contributed by atoms with Crippen molar-refractivity contribution in [3.63, 3.8) is 0 Å². The summed E-state index contributed by atoms with van der Waals surface area (Å²) < 4.78 is 0. The van der Waals surface area contributed by atoms with Crippen LogP contribution in [0.1, 0.15) is 24.6 Å².